The Kier molecular flexibility index (Phi) is 8.22. The number of halogens is 2. The number of fused-ring (bicyclic) bond motifs is 1. The molecule has 4 aromatic carbocycles. The highest BCUT2D eigenvalue weighted by atomic mass is 35.5. The van der Waals surface area contributed by atoms with Crippen LogP contribution in [0.4, 0.5) is 15.2 Å². The Morgan fingerprint density at radius 3 is 2.61 bits per heavy atom. The van der Waals surface area contributed by atoms with Crippen molar-refractivity contribution in [3.63, 3.8) is 0 Å². The number of nitrogens with zero attached hydrogens (tertiary/aromatic N) is 2. The molecule has 0 bridgehead atoms. The molecule has 1 N–H and O–H groups in total. The molecule has 1 heterocycles. The molecule has 5 nitrogen and oxygen atoms in total. The summed E-state index contributed by atoms with van der Waals surface area (Å²) in [6, 6.07) is 23.2. The summed E-state index contributed by atoms with van der Waals surface area (Å²) in [6.45, 7) is 0.962. The molecule has 0 aliphatic heterocycles. The molecule has 0 saturated carbocycles. The molecule has 0 aliphatic carbocycles. The molecular weight excluding hydrogens is 541 g/mol. The second kappa shape index (κ2) is 11.9. The Morgan fingerprint density at radius 1 is 1.00 bits per heavy atom. The minimum atomic E-state index is -0.372. The molecule has 1 aromatic heterocycles. The van der Waals surface area contributed by atoms with Crippen molar-refractivity contribution in [3.8, 4) is 11.5 Å². The van der Waals surface area contributed by atoms with Crippen LogP contribution in [0.15, 0.2) is 89.3 Å². The number of rotatable bonds is 10. The average molecular weight is 566 g/mol. The number of thiazole rings is 1. The first kappa shape index (κ1) is 26.2. The Morgan fingerprint density at radius 2 is 1.84 bits per heavy atom. The molecule has 9 heteroatoms. The van der Waals surface area contributed by atoms with Crippen LogP contribution in [0.5, 0.6) is 11.5 Å². The molecule has 38 heavy (non-hydrogen) atoms. The monoisotopic (exact) mass is 565 g/mol. The predicted molar refractivity (Wildman–Crippen MR) is 156 cm³/mol. The van der Waals surface area contributed by atoms with Gasteiger partial charge >= 0.3 is 0 Å². The maximum absolute atomic E-state index is 15.3. The normalized spacial score (nSPS) is 10.9. The van der Waals surface area contributed by atoms with Crippen LogP contribution in [0.2, 0.25) is 5.02 Å². The van der Waals surface area contributed by atoms with Crippen LogP contribution < -0.4 is 19.1 Å². The van der Waals surface area contributed by atoms with Gasteiger partial charge in [-0.25, -0.2) is 9.37 Å². The molecule has 0 saturated heterocycles. The Balaban J connectivity index is 1.35. The molecule has 5 aromatic rings. The molecule has 0 amide bonds. The summed E-state index contributed by atoms with van der Waals surface area (Å²) in [5, 5.41) is 8.68. The van der Waals surface area contributed by atoms with Gasteiger partial charge in [-0.3, -0.25) is 4.31 Å². The fourth-order valence-corrected chi connectivity index (χ4v) is 5.98. The van der Waals surface area contributed by atoms with E-state index in [2.05, 4.69) is 40.6 Å². The third kappa shape index (κ3) is 5.99. The molecule has 5 rings (SSSR count). The van der Waals surface area contributed by atoms with Crippen LogP contribution in [-0.2, 0) is 13.1 Å². The van der Waals surface area contributed by atoms with Gasteiger partial charge in [-0.15, -0.1) is 11.3 Å². The topological polar surface area (TPSA) is 46.6 Å². The highest BCUT2D eigenvalue weighted by molar-refractivity contribution is 8.00. The summed E-state index contributed by atoms with van der Waals surface area (Å²) in [7, 11) is 3.22. The Hall–Kier alpha value is -3.46. The summed E-state index contributed by atoms with van der Waals surface area (Å²) in [6.07, 6.45) is 1.72. The number of nitrogens with one attached hydrogen (secondary N) is 1. The SMILES string of the molecule is COc1ccc(CN(Sc2cc(Cl)c(NCc3ccc4ccccc4c3)cc2F)c2nccs2)c(OC)c1. The predicted octanol–water partition coefficient (Wildman–Crippen LogP) is 8.43. The van der Waals surface area contributed by atoms with Gasteiger partial charge in [-0.05, 0) is 58.6 Å². The molecule has 0 fully saturated rings. The van der Waals surface area contributed by atoms with Gasteiger partial charge in [0.1, 0.15) is 17.3 Å². The summed E-state index contributed by atoms with van der Waals surface area (Å²) in [5.74, 6) is 1.01. The van der Waals surface area contributed by atoms with Crippen molar-refractivity contribution in [1.29, 1.82) is 0 Å². The van der Waals surface area contributed by atoms with Gasteiger partial charge < -0.3 is 14.8 Å². The van der Waals surface area contributed by atoms with Crippen LogP contribution >= 0.6 is 34.9 Å². The smallest absolute Gasteiger partial charge is 0.195 e. The van der Waals surface area contributed by atoms with Crippen molar-refractivity contribution in [2.75, 3.05) is 23.8 Å². The van der Waals surface area contributed by atoms with E-state index in [0.29, 0.717) is 40.2 Å². The Bertz CT molecular complexity index is 1550. The van der Waals surface area contributed by atoms with E-state index < -0.39 is 0 Å². The van der Waals surface area contributed by atoms with E-state index in [1.807, 2.05) is 40.0 Å². The molecule has 0 radical (unpaired) electrons. The van der Waals surface area contributed by atoms with Crippen LogP contribution in [-0.4, -0.2) is 19.2 Å². The summed E-state index contributed by atoms with van der Waals surface area (Å²) in [4.78, 5) is 4.84. The lowest BCUT2D eigenvalue weighted by Crippen LogP contribution is -2.15. The van der Waals surface area contributed by atoms with Crippen molar-refractivity contribution in [2.45, 2.75) is 18.0 Å². The Labute approximate surface area is 234 Å². The fraction of sp³-hybridized carbons (Fsp3) is 0.138. The lowest BCUT2D eigenvalue weighted by atomic mass is 10.1. The molecule has 0 unspecified atom stereocenters. The number of hydrogen-bond donors (Lipinski definition) is 1. The highest BCUT2D eigenvalue weighted by Crippen LogP contribution is 2.38. The minimum Gasteiger partial charge on any atom is -0.497 e. The minimum absolute atomic E-state index is 0.372. The van der Waals surface area contributed by atoms with Crippen LogP contribution in [0.3, 0.4) is 0 Å². The van der Waals surface area contributed by atoms with E-state index in [4.69, 9.17) is 21.1 Å². The number of aromatic nitrogens is 1. The van der Waals surface area contributed by atoms with Gasteiger partial charge in [0.2, 0.25) is 0 Å². The van der Waals surface area contributed by atoms with Crippen molar-refractivity contribution < 1.29 is 13.9 Å². The van der Waals surface area contributed by atoms with Gasteiger partial charge in [-0.1, -0.05) is 48.0 Å². The largest absolute Gasteiger partial charge is 0.497 e. The molecule has 0 atom stereocenters. The van der Waals surface area contributed by atoms with Gasteiger partial charge in [0.15, 0.2) is 5.13 Å². The number of methoxy groups -OCH3 is 2. The van der Waals surface area contributed by atoms with E-state index in [1.54, 1.807) is 26.5 Å². The van der Waals surface area contributed by atoms with E-state index >= 15 is 4.39 Å². The zero-order valence-corrected chi connectivity index (χ0v) is 23.2. The zero-order chi connectivity index (χ0) is 26.5. The second-order valence-electron chi connectivity index (χ2n) is 8.42. The standard InChI is InChI=1S/C29H25ClFN3O2S2/c1-35-23-10-9-22(27(14-23)36-2)18-34(29-32-11-12-37-29)38-28-15-24(30)26(16-25(28)31)33-17-19-7-8-20-5-3-4-6-21(20)13-19/h3-16,33H,17-18H2,1-2H3. The third-order valence-electron chi connectivity index (χ3n) is 5.97. The van der Waals surface area contributed by atoms with Gasteiger partial charge in [0, 0.05) is 29.8 Å². The van der Waals surface area contributed by atoms with Crippen LogP contribution in [0, 0.1) is 5.82 Å². The molecule has 194 valence electrons. The quantitative estimate of drug-likeness (QED) is 0.171. The van der Waals surface area contributed by atoms with Gasteiger partial charge in [0.05, 0.1) is 36.4 Å². The molecular formula is C29H25ClFN3O2S2. The van der Waals surface area contributed by atoms with Crippen molar-refractivity contribution in [1.82, 2.24) is 4.98 Å². The first-order chi connectivity index (χ1) is 18.5. The summed E-state index contributed by atoms with van der Waals surface area (Å²) >= 11 is 9.32. The van der Waals surface area contributed by atoms with E-state index in [9.17, 15) is 0 Å². The number of hydrogen-bond acceptors (Lipinski definition) is 7. The number of benzene rings is 4. The lowest BCUT2D eigenvalue weighted by molar-refractivity contribution is 0.391. The van der Waals surface area contributed by atoms with Gasteiger partial charge in [0.25, 0.3) is 0 Å². The van der Waals surface area contributed by atoms with E-state index in [0.717, 1.165) is 21.6 Å². The summed E-state index contributed by atoms with van der Waals surface area (Å²) in [5.41, 5.74) is 2.54. The number of anilines is 2. The number of ether oxygens (including phenoxy) is 2. The second-order valence-corrected chi connectivity index (χ2v) is 10.8. The zero-order valence-electron chi connectivity index (χ0n) is 20.8. The van der Waals surface area contributed by atoms with Crippen molar-refractivity contribution in [3.05, 3.63) is 106 Å². The molecule has 0 aliphatic rings. The molecule has 0 spiro atoms. The summed E-state index contributed by atoms with van der Waals surface area (Å²) < 4.78 is 28.1. The lowest BCUT2D eigenvalue weighted by Gasteiger charge is -2.22. The average Bonchev–Trinajstić information content (AvgIpc) is 3.49. The first-order valence-electron chi connectivity index (χ1n) is 11.8. The maximum Gasteiger partial charge on any atom is 0.195 e. The van der Waals surface area contributed by atoms with E-state index in [-0.39, 0.29) is 5.82 Å². The fourth-order valence-electron chi connectivity index (χ4n) is 4.01. The van der Waals surface area contributed by atoms with Gasteiger partial charge in [-0.2, -0.15) is 0 Å². The van der Waals surface area contributed by atoms with Crippen molar-refractivity contribution in [2.24, 2.45) is 0 Å². The van der Waals surface area contributed by atoms with Crippen LogP contribution in [0.1, 0.15) is 11.1 Å². The van der Waals surface area contributed by atoms with Crippen LogP contribution in [0.25, 0.3) is 10.8 Å². The highest BCUT2D eigenvalue weighted by Gasteiger charge is 2.19. The van der Waals surface area contributed by atoms with Crippen molar-refractivity contribution >= 4 is 56.5 Å². The maximum atomic E-state index is 15.3. The first-order valence-corrected chi connectivity index (χ1v) is 13.8. The van der Waals surface area contributed by atoms with E-state index in [1.165, 1.54) is 34.7 Å². The third-order valence-corrected chi connectivity index (χ3v) is 8.22.